The van der Waals surface area contributed by atoms with Crippen molar-refractivity contribution in [3.8, 4) is 6.07 Å². The number of nitrogens with one attached hydrogen (secondary N) is 2. The molecule has 0 aromatic carbocycles. The van der Waals surface area contributed by atoms with E-state index in [-0.39, 0.29) is 18.3 Å². The zero-order valence-electron chi connectivity index (χ0n) is 12.0. The van der Waals surface area contributed by atoms with Crippen molar-refractivity contribution in [1.29, 1.82) is 5.26 Å². The van der Waals surface area contributed by atoms with E-state index in [0.717, 1.165) is 12.1 Å². The molecule has 1 amide bonds. The molecule has 2 aromatic rings. The lowest BCUT2D eigenvalue weighted by Gasteiger charge is -2.15. The van der Waals surface area contributed by atoms with Gasteiger partial charge in [0.1, 0.15) is 17.1 Å². The summed E-state index contributed by atoms with van der Waals surface area (Å²) in [5.41, 5.74) is 8.26. The maximum Gasteiger partial charge on any atom is 0.240 e. The number of hydrogen-bond acceptors (Lipinski definition) is 8. The minimum Gasteiger partial charge on any atom is -0.381 e. The lowest BCUT2D eigenvalue weighted by Crippen LogP contribution is -2.31. The summed E-state index contributed by atoms with van der Waals surface area (Å²) in [6, 6.07) is 2.03. The standard InChI is InChI=1S/C12H16N8OS/c1-20(6-10(21)16-12-19-15-7-22-12)4-2-3-9-8(5-13)11(14)18-17-9/h7H,2-4,6H2,1H3,(H3,14,17,18)(H,16,19,21). The average Bonchev–Trinajstić information content (AvgIpc) is 3.08. The summed E-state index contributed by atoms with van der Waals surface area (Å²) in [5.74, 6) is 0.0880. The number of aromatic amines is 1. The summed E-state index contributed by atoms with van der Waals surface area (Å²) in [6.45, 7) is 0.961. The number of H-pyrrole nitrogens is 1. The van der Waals surface area contributed by atoms with Crippen LogP contribution in [-0.4, -0.2) is 51.3 Å². The molecule has 0 unspecified atom stereocenters. The Morgan fingerprint density at radius 3 is 3.14 bits per heavy atom. The molecule has 22 heavy (non-hydrogen) atoms. The van der Waals surface area contributed by atoms with Gasteiger partial charge >= 0.3 is 0 Å². The zero-order valence-corrected chi connectivity index (χ0v) is 12.9. The van der Waals surface area contributed by atoms with Crippen molar-refractivity contribution in [1.82, 2.24) is 25.3 Å². The van der Waals surface area contributed by atoms with E-state index in [4.69, 9.17) is 11.0 Å². The molecule has 0 aliphatic carbocycles. The first-order chi connectivity index (χ1) is 10.6. The minimum atomic E-state index is -0.136. The first kappa shape index (κ1) is 15.9. The molecular weight excluding hydrogens is 304 g/mol. The largest absolute Gasteiger partial charge is 0.381 e. The zero-order chi connectivity index (χ0) is 15.9. The Hall–Kier alpha value is -2.51. The third kappa shape index (κ3) is 4.24. The molecule has 0 fully saturated rings. The van der Waals surface area contributed by atoms with Gasteiger partial charge in [0.05, 0.1) is 12.2 Å². The smallest absolute Gasteiger partial charge is 0.240 e. The van der Waals surface area contributed by atoms with Crippen LogP contribution in [0.3, 0.4) is 0 Å². The molecule has 0 saturated carbocycles. The fraction of sp³-hybridized carbons (Fsp3) is 0.417. The summed E-state index contributed by atoms with van der Waals surface area (Å²) >= 11 is 1.27. The number of likely N-dealkylation sites (N-methyl/N-ethyl adjacent to an activating group) is 1. The van der Waals surface area contributed by atoms with Gasteiger partial charge in [0.2, 0.25) is 11.0 Å². The number of anilines is 2. The Morgan fingerprint density at radius 1 is 1.64 bits per heavy atom. The second-order valence-corrected chi connectivity index (χ2v) is 5.54. The van der Waals surface area contributed by atoms with Crippen LogP contribution in [0, 0.1) is 11.3 Å². The summed E-state index contributed by atoms with van der Waals surface area (Å²) in [7, 11) is 1.85. The van der Waals surface area contributed by atoms with Crippen molar-refractivity contribution in [2.24, 2.45) is 0 Å². The molecule has 9 nitrogen and oxygen atoms in total. The van der Waals surface area contributed by atoms with Crippen molar-refractivity contribution in [3.63, 3.8) is 0 Å². The van der Waals surface area contributed by atoms with Crippen LogP contribution >= 0.6 is 11.3 Å². The SMILES string of the molecule is CN(CCCc1[nH]nc(N)c1C#N)CC(=O)Nc1nncs1. The van der Waals surface area contributed by atoms with Gasteiger partial charge in [0.25, 0.3) is 0 Å². The number of amides is 1. The third-order valence-corrected chi connectivity index (χ3v) is 3.57. The predicted molar refractivity (Wildman–Crippen MR) is 82.1 cm³/mol. The number of carbonyl (C=O) groups is 1. The molecule has 2 aromatic heterocycles. The lowest BCUT2D eigenvalue weighted by molar-refractivity contribution is -0.117. The molecular formula is C12H16N8OS. The second kappa shape index (κ2) is 7.48. The van der Waals surface area contributed by atoms with Gasteiger partial charge in [-0.1, -0.05) is 11.3 Å². The summed E-state index contributed by atoms with van der Waals surface area (Å²) in [4.78, 5) is 13.7. The predicted octanol–water partition coefficient (Wildman–Crippen LogP) is 0.218. The first-order valence-electron chi connectivity index (χ1n) is 6.57. The molecule has 116 valence electrons. The average molecular weight is 320 g/mol. The number of nitrogens with zero attached hydrogens (tertiary/aromatic N) is 5. The molecule has 0 saturated heterocycles. The Balaban J connectivity index is 1.72. The number of nitriles is 1. The van der Waals surface area contributed by atoms with Crippen LogP contribution in [0.25, 0.3) is 0 Å². The maximum absolute atomic E-state index is 11.8. The van der Waals surface area contributed by atoms with Gasteiger partial charge < -0.3 is 5.73 Å². The topological polar surface area (TPSA) is 137 Å². The molecule has 0 radical (unpaired) electrons. The van der Waals surface area contributed by atoms with Crippen LogP contribution in [0.1, 0.15) is 17.7 Å². The van der Waals surface area contributed by atoms with E-state index in [1.165, 1.54) is 11.3 Å². The molecule has 0 spiro atoms. The van der Waals surface area contributed by atoms with E-state index in [2.05, 4.69) is 25.7 Å². The molecule has 0 aliphatic heterocycles. The molecule has 4 N–H and O–H groups in total. The van der Waals surface area contributed by atoms with E-state index in [1.54, 1.807) is 5.51 Å². The van der Waals surface area contributed by atoms with Gasteiger partial charge in [-0.15, -0.1) is 10.2 Å². The number of hydrogen-bond donors (Lipinski definition) is 3. The molecule has 0 atom stereocenters. The van der Waals surface area contributed by atoms with Gasteiger partial charge in [-0.05, 0) is 26.4 Å². The number of carbonyl (C=O) groups excluding carboxylic acids is 1. The third-order valence-electron chi connectivity index (χ3n) is 2.97. The second-order valence-electron chi connectivity index (χ2n) is 4.71. The molecule has 2 rings (SSSR count). The Labute approximate surface area is 131 Å². The van der Waals surface area contributed by atoms with Gasteiger partial charge in [0, 0.05) is 0 Å². The highest BCUT2D eigenvalue weighted by atomic mass is 32.1. The minimum absolute atomic E-state index is 0.136. The van der Waals surface area contributed by atoms with E-state index >= 15 is 0 Å². The Morgan fingerprint density at radius 2 is 2.45 bits per heavy atom. The van der Waals surface area contributed by atoms with E-state index in [1.807, 2.05) is 18.0 Å². The highest BCUT2D eigenvalue weighted by molar-refractivity contribution is 7.13. The molecule has 0 bridgehead atoms. The Bertz CT molecular complexity index is 659. The summed E-state index contributed by atoms with van der Waals surface area (Å²) in [6.07, 6.45) is 1.42. The van der Waals surface area contributed by atoms with Gasteiger partial charge in [0.15, 0.2) is 5.82 Å². The summed E-state index contributed by atoms with van der Waals surface area (Å²) < 4.78 is 0. The van der Waals surface area contributed by atoms with Crippen LogP contribution < -0.4 is 11.1 Å². The fourth-order valence-electron chi connectivity index (χ4n) is 1.94. The number of aryl methyl sites for hydroxylation is 1. The molecule has 10 heteroatoms. The highest BCUT2D eigenvalue weighted by Gasteiger charge is 2.11. The fourth-order valence-corrected chi connectivity index (χ4v) is 2.40. The first-order valence-corrected chi connectivity index (χ1v) is 7.45. The van der Waals surface area contributed by atoms with Gasteiger partial charge in [-0.2, -0.15) is 10.4 Å². The van der Waals surface area contributed by atoms with Crippen molar-refractivity contribution in [2.75, 3.05) is 31.2 Å². The van der Waals surface area contributed by atoms with Crippen LogP contribution in [-0.2, 0) is 11.2 Å². The van der Waals surface area contributed by atoms with E-state index in [0.29, 0.717) is 23.7 Å². The van der Waals surface area contributed by atoms with E-state index < -0.39 is 0 Å². The Kier molecular flexibility index (Phi) is 5.40. The number of aromatic nitrogens is 4. The van der Waals surface area contributed by atoms with Crippen molar-refractivity contribution in [3.05, 3.63) is 16.8 Å². The summed E-state index contributed by atoms with van der Waals surface area (Å²) in [5, 5.41) is 26.1. The number of nitrogens with two attached hydrogens (primary N) is 1. The van der Waals surface area contributed by atoms with Crippen molar-refractivity contribution in [2.45, 2.75) is 12.8 Å². The monoisotopic (exact) mass is 320 g/mol. The van der Waals surface area contributed by atoms with Crippen LogP contribution in [0.15, 0.2) is 5.51 Å². The molecule has 0 aliphatic rings. The van der Waals surface area contributed by atoms with E-state index in [9.17, 15) is 4.79 Å². The maximum atomic E-state index is 11.8. The van der Waals surface area contributed by atoms with Crippen molar-refractivity contribution < 1.29 is 4.79 Å². The number of rotatable bonds is 7. The number of nitrogen functional groups attached to an aromatic ring is 1. The highest BCUT2D eigenvalue weighted by Crippen LogP contribution is 2.13. The lowest BCUT2D eigenvalue weighted by atomic mass is 10.1. The van der Waals surface area contributed by atoms with Gasteiger partial charge in [-0.3, -0.25) is 20.1 Å². The van der Waals surface area contributed by atoms with Crippen LogP contribution in [0.2, 0.25) is 0 Å². The molecule has 2 heterocycles. The quantitative estimate of drug-likeness (QED) is 0.663. The normalized spacial score (nSPS) is 10.6. The van der Waals surface area contributed by atoms with Gasteiger partial charge in [-0.25, -0.2) is 0 Å². The van der Waals surface area contributed by atoms with Crippen LogP contribution in [0.5, 0.6) is 0 Å². The van der Waals surface area contributed by atoms with Crippen molar-refractivity contribution >= 4 is 28.2 Å². The van der Waals surface area contributed by atoms with Crippen LogP contribution in [0.4, 0.5) is 10.9 Å².